The van der Waals surface area contributed by atoms with Gasteiger partial charge in [-0.15, -0.1) is 0 Å². The van der Waals surface area contributed by atoms with Crippen LogP contribution in [0.3, 0.4) is 0 Å². The number of aryl methyl sites for hydroxylation is 1. The Morgan fingerprint density at radius 2 is 1.28 bits per heavy atom. The van der Waals surface area contributed by atoms with Crippen LogP contribution in [0, 0.1) is 0 Å². The van der Waals surface area contributed by atoms with Crippen molar-refractivity contribution in [1.82, 2.24) is 14.5 Å². The van der Waals surface area contributed by atoms with Crippen molar-refractivity contribution in [2.75, 3.05) is 48.9 Å². The monoisotopic (exact) mass is 671 g/mol. The molecule has 1 saturated heterocycles. The number of piperazine rings is 1. The summed E-state index contributed by atoms with van der Waals surface area (Å²) in [5.41, 5.74) is 7.62. The maximum atomic E-state index is 12.0. The van der Waals surface area contributed by atoms with Gasteiger partial charge in [0.15, 0.2) is 19.7 Å². The summed E-state index contributed by atoms with van der Waals surface area (Å²) in [5.74, 6) is 0.716. The van der Waals surface area contributed by atoms with Gasteiger partial charge < -0.3 is 14.8 Å². The van der Waals surface area contributed by atoms with Gasteiger partial charge in [0, 0.05) is 69.6 Å². The molecule has 6 rings (SSSR count). The third-order valence-electron chi connectivity index (χ3n) is 8.97. The van der Waals surface area contributed by atoms with Crippen LogP contribution in [0.15, 0.2) is 94.7 Å². The van der Waals surface area contributed by atoms with Gasteiger partial charge in [0.2, 0.25) is 0 Å². The van der Waals surface area contributed by atoms with E-state index in [1.54, 1.807) is 36.4 Å². The minimum Gasteiger partial charge on any atom is -0.379 e. The summed E-state index contributed by atoms with van der Waals surface area (Å²) in [7, 11) is -4.63. The number of sulfone groups is 2. The van der Waals surface area contributed by atoms with Gasteiger partial charge in [0.25, 0.3) is 0 Å². The lowest BCUT2D eigenvalue weighted by Crippen LogP contribution is -2.48. The minimum absolute atomic E-state index is 0.261. The van der Waals surface area contributed by atoms with E-state index in [4.69, 9.17) is 4.98 Å². The van der Waals surface area contributed by atoms with Crippen molar-refractivity contribution in [3.63, 3.8) is 0 Å². The summed E-state index contributed by atoms with van der Waals surface area (Å²) < 4.78 is 50.0. The van der Waals surface area contributed by atoms with Gasteiger partial charge in [0.1, 0.15) is 11.3 Å². The van der Waals surface area contributed by atoms with E-state index in [-0.39, 0.29) is 9.79 Å². The molecule has 0 amide bonds. The molecule has 1 fully saturated rings. The molecule has 0 spiro atoms. The Bertz CT molecular complexity index is 2120. The van der Waals surface area contributed by atoms with Gasteiger partial charge >= 0.3 is 0 Å². The number of aromatic nitrogens is 2. The number of imidazole rings is 1. The fourth-order valence-electron chi connectivity index (χ4n) is 6.11. The van der Waals surface area contributed by atoms with Crippen LogP contribution in [0.25, 0.3) is 33.5 Å². The Morgan fingerprint density at radius 3 is 1.83 bits per heavy atom. The van der Waals surface area contributed by atoms with Crippen LogP contribution < -0.4 is 10.2 Å². The van der Waals surface area contributed by atoms with E-state index in [0.717, 1.165) is 65.2 Å². The number of hydrogen-bond acceptors (Lipinski definition) is 8. The quantitative estimate of drug-likeness (QED) is 0.208. The zero-order valence-electron chi connectivity index (χ0n) is 27.4. The molecule has 11 heteroatoms. The molecule has 9 nitrogen and oxygen atoms in total. The first kappa shape index (κ1) is 32.7. The molecule has 4 aromatic carbocycles. The summed E-state index contributed by atoms with van der Waals surface area (Å²) in [5, 5.41) is 3.55. The first-order chi connectivity index (χ1) is 22.3. The molecule has 0 aliphatic carbocycles. The van der Waals surface area contributed by atoms with Gasteiger partial charge in [-0.05, 0) is 91.2 Å². The van der Waals surface area contributed by atoms with Gasteiger partial charge in [-0.25, -0.2) is 21.8 Å². The van der Waals surface area contributed by atoms with Crippen molar-refractivity contribution in [1.29, 1.82) is 0 Å². The molecular weight excluding hydrogens is 631 g/mol. The predicted molar refractivity (Wildman–Crippen MR) is 190 cm³/mol. The fourth-order valence-corrected chi connectivity index (χ4v) is 7.37. The third kappa shape index (κ3) is 7.07. The topological polar surface area (TPSA) is 105 Å². The van der Waals surface area contributed by atoms with Crippen molar-refractivity contribution < 1.29 is 16.8 Å². The first-order valence-electron chi connectivity index (χ1n) is 15.7. The molecule has 47 heavy (non-hydrogen) atoms. The summed E-state index contributed by atoms with van der Waals surface area (Å²) in [4.78, 5) is 10.5. The van der Waals surface area contributed by atoms with E-state index in [0.29, 0.717) is 18.4 Å². The first-order valence-corrected chi connectivity index (χ1v) is 19.5. The Kier molecular flexibility index (Phi) is 8.90. The average Bonchev–Trinajstić information content (AvgIpc) is 3.39. The number of hydrogen-bond donors (Lipinski definition) is 1. The van der Waals surface area contributed by atoms with Gasteiger partial charge in [0.05, 0.1) is 21.0 Å². The van der Waals surface area contributed by atoms with E-state index < -0.39 is 19.7 Å². The van der Waals surface area contributed by atoms with Crippen LogP contribution in [0.2, 0.25) is 0 Å². The van der Waals surface area contributed by atoms with E-state index >= 15 is 0 Å². The summed E-state index contributed by atoms with van der Waals surface area (Å²) in [6, 6.07) is 27.2. The Hall–Kier alpha value is -4.19. The summed E-state index contributed by atoms with van der Waals surface area (Å²) in [6.45, 7) is 9.10. The smallest absolute Gasteiger partial charge is 0.175 e. The number of rotatable bonds is 9. The van der Waals surface area contributed by atoms with Crippen LogP contribution in [0.1, 0.15) is 19.4 Å². The molecule has 0 atom stereocenters. The Labute approximate surface area is 277 Å². The molecule has 0 bridgehead atoms. The lowest BCUT2D eigenvalue weighted by molar-refractivity contribution is 0.209. The molecule has 1 N–H and O–H groups in total. The zero-order chi connectivity index (χ0) is 33.5. The number of anilines is 2. The maximum Gasteiger partial charge on any atom is 0.175 e. The zero-order valence-corrected chi connectivity index (χ0v) is 29.1. The molecule has 0 unspecified atom stereocenters. The van der Waals surface area contributed by atoms with Crippen molar-refractivity contribution in [3.05, 3.63) is 90.5 Å². The van der Waals surface area contributed by atoms with Gasteiger partial charge in [-0.3, -0.25) is 4.90 Å². The van der Waals surface area contributed by atoms with E-state index in [1.165, 1.54) is 18.2 Å². The van der Waals surface area contributed by atoms with Crippen molar-refractivity contribution in [2.24, 2.45) is 7.05 Å². The van der Waals surface area contributed by atoms with Crippen LogP contribution in [0.5, 0.6) is 0 Å². The standard InChI is InChI=1S/C36H41N5O4S2/c1-25(2)40-18-20-41(21-19-40)30-12-8-27(9-13-30)29-22-33(37-24-26-6-14-31(15-7-26)46(4,42)43)35-34(23-29)39(3)36(38-35)28-10-16-32(17-11-28)47(5,44)45/h6-17,22-23,25,37H,18-21,24H2,1-5H3. The number of fused-ring (bicyclic) bond motifs is 1. The Balaban J connectivity index is 1.35. The summed E-state index contributed by atoms with van der Waals surface area (Å²) in [6.07, 6.45) is 2.40. The normalized spacial score (nSPS) is 14.6. The molecule has 1 aliphatic rings. The lowest BCUT2D eigenvalue weighted by atomic mass is 10.0. The second-order valence-electron chi connectivity index (χ2n) is 12.6. The highest BCUT2D eigenvalue weighted by atomic mass is 32.2. The Morgan fingerprint density at radius 1 is 0.723 bits per heavy atom. The van der Waals surface area contributed by atoms with Crippen LogP contribution in [-0.2, 0) is 33.3 Å². The van der Waals surface area contributed by atoms with Crippen LogP contribution in [-0.4, -0.2) is 76.0 Å². The van der Waals surface area contributed by atoms with Gasteiger partial charge in [-0.2, -0.15) is 0 Å². The molecule has 5 aromatic rings. The molecular formula is C36H41N5O4S2. The van der Waals surface area contributed by atoms with E-state index in [9.17, 15) is 16.8 Å². The largest absolute Gasteiger partial charge is 0.379 e. The highest BCUT2D eigenvalue weighted by Gasteiger charge is 2.20. The van der Waals surface area contributed by atoms with Crippen molar-refractivity contribution in [3.8, 4) is 22.5 Å². The molecule has 246 valence electrons. The number of benzene rings is 4. The highest BCUT2D eigenvalue weighted by Crippen LogP contribution is 2.35. The van der Waals surface area contributed by atoms with Crippen molar-refractivity contribution >= 4 is 42.1 Å². The second kappa shape index (κ2) is 12.8. The van der Waals surface area contributed by atoms with Crippen molar-refractivity contribution in [2.45, 2.75) is 36.2 Å². The highest BCUT2D eigenvalue weighted by molar-refractivity contribution is 7.91. The molecule has 1 aliphatic heterocycles. The SMILES string of the molecule is CC(C)N1CCN(c2ccc(-c3cc(NCc4ccc(S(C)(=O)=O)cc4)c4nc(-c5ccc(S(C)(=O)=O)cc5)n(C)c4c3)cc2)CC1. The molecule has 2 heterocycles. The average molecular weight is 672 g/mol. The second-order valence-corrected chi connectivity index (χ2v) is 16.6. The summed E-state index contributed by atoms with van der Waals surface area (Å²) >= 11 is 0. The molecule has 0 radical (unpaired) electrons. The third-order valence-corrected chi connectivity index (χ3v) is 11.2. The van der Waals surface area contributed by atoms with Crippen LogP contribution >= 0.6 is 0 Å². The lowest BCUT2D eigenvalue weighted by Gasteiger charge is -2.38. The maximum absolute atomic E-state index is 12.0. The number of nitrogens with one attached hydrogen (secondary N) is 1. The minimum atomic E-state index is -3.32. The van der Waals surface area contributed by atoms with Gasteiger partial charge in [-0.1, -0.05) is 24.3 Å². The number of nitrogens with zero attached hydrogens (tertiary/aromatic N) is 4. The van der Waals surface area contributed by atoms with Crippen LogP contribution in [0.4, 0.5) is 11.4 Å². The molecule has 1 aromatic heterocycles. The van der Waals surface area contributed by atoms with E-state index in [1.807, 2.05) is 23.7 Å². The molecule has 0 saturated carbocycles. The fraction of sp³-hybridized carbons (Fsp3) is 0.306. The van der Waals surface area contributed by atoms with E-state index in [2.05, 4.69) is 65.4 Å². The predicted octanol–water partition coefficient (Wildman–Crippen LogP) is 5.86.